The highest BCUT2D eigenvalue weighted by atomic mass is 32.1. The Balaban J connectivity index is 1.45. The second-order valence-electron chi connectivity index (χ2n) is 5.44. The van der Waals surface area contributed by atoms with Crippen molar-refractivity contribution in [3.8, 4) is 0 Å². The molecule has 0 unspecified atom stereocenters. The standard InChI is InChI=1S/C18H16FN3O2S2/c19-14-5-2-1-4-12(14)7-8-20-16(23)10-13-11-26-18(21-13)22-17(24)15-6-3-9-25-15/h1-6,9,11H,7-8,10H2,(H,20,23)(H,21,22,24). The van der Waals surface area contributed by atoms with E-state index in [0.29, 0.717) is 34.2 Å². The Kier molecular flexibility index (Phi) is 6.08. The number of benzene rings is 1. The van der Waals surface area contributed by atoms with Gasteiger partial charge in [-0.3, -0.25) is 14.9 Å². The van der Waals surface area contributed by atoms with Crippen LogP contribution in [0.4, 0.5) is 9.52 Å². The Bertz CT molecular complexity index is 893. The lowest BCUT2D eigenvalue weighted by Gasteiger charge is -2.05. The lowest BCUT2D eigenvalue weighted by molar-refractivity contribution is -0.120. The molecule has 134 valence electrons. The number of halogens is 1. The van der Waals surface area contributed by atoms with Crippen LogP contribution in [0.25, 0.3) is 0 Å². The Labute approximate surface area is 157 Å². The summed E-state index contributed by atoms with van der Waals surface area (Å²) in [7, 11) is 0. The first-order valence-electron chi connectivity index (χ1n) is 7.91. The molecule has 3 aromatic rings. The lowest BCUT2D eigenvalue weighted by atomic mass is 10.1. The zero-order valence-electron chi connectivity index (χ0n) is 13.7. The molecule has 0 saturated carbocycles. The van der Waals surface area contributed by atoms with Gasteiger partial charge in [0.05, 0.1) is 17.0 Å². The normalized spacial score (nSPS) is 10.5. The summed E-state index contributed by atoms with van der Waals surface area (Å²) in [4.78, 5) is 28.8. The Morgan fingerprint density at radius 2 is 1.96 bits per heavy atom. The van der Waals surface area contributed by atoms with E-state index in [4.69, 9.17) is 0 Å². The zero-order valence-corrected chi connectivity index (χ0v) is 15.3. The van der Waals surface area contributed by atoms with Crippen molar-refractivity contribution in [3.05, 3.63) is 69.1 Å². The molecule has 2 heterocycles. The molecule has 2 N–H and O–H groups in total. The summed E-state index contributed by atoms with van der Waals surface area (Å²) in [5, 5.41) is 9.49. The van der Waals surface area contributed by atoms with Crippen LogP contribution < -0.4 is 10.6 Å². The van der Waals surface area contributed by atoms with E-state index in [0.717, 1.165) is 0 Å². The quantitative estimate of drug-likeness (QED) is 0.650. The van der Waals surface area contributed by atoms with E-state index >= 15 is 0 Å². The van der Waals surface area contributed by atoms with E-state index in [2.05, 4.69) is 15.6 Å². The van der Waals surface area contributed by atoms with Crippen molar-refractivity contribution in [2.45, 2.75) is 12.8 Å². The minimum atomic E-state index is -0.271. The summed E-state index contributed by atoms with van der Waals surface area (Å²) in [5.74, 6) is -0.676. The number of rotatable bonds is 7. The Morgan fingerprint density at radius 3 is 2.73 bits per heavy atom. The van der Waals surface area contributed by atoms with Gasteiger partial charge in [0.25, 0.3) is 5.91 Å². The number of thiazole rings is 1. The van der Waals surface area contributed by atoms with Gasteiger partial charge in [-0.25, -0.2) is 9.37 Å². The zero-order chi connectivity index (χ0) is 18.4. The maximum Gasteiger partial charge on any atom is 0.267 e. The number of carbonyl (C=O) groups excluding carboxylic acids is 2. The van der Waals surface area contributed by atoms with Gasteiger partial charge in [-0.15, -0.1) is 22.7 Å². The predicted molar refractivity (Wildman–Crippen MR) is 101 cm³/mol. The van der Waals surface area contributed by atoms with Crippen LogP contribution in [0.3, 0.4) is 0 Å². The van der Waals surface area contributed by atoms with E-state index in [1.54, 1.807) is 35.7 Å². The van der Waals surface area contributed by atoms with E-state index < -0.39 is 0 Å². The number of nitrogens with zero attached hydrogens (tertiary/aromatic N) is 1. The first kappa shape index (κ1) is 18.2. The SMILES string of the molecule is O=C(Cc1csc(NC(=O)c2cccs2)n1)NCCc1ccccc1F. The average molecular weight is 389 g/mol. The molecule has 26 heavy (non-hydrogen) atoms. The molecule has 0 radical (unpaired) electrons. The van der Waals surface area contributed by atoms with Crippen molar-refractivity contribution in [2.75, 3.05) is 11.9 Å². The molecule has 2 amide bonds. The van der Waals surface area contributed by atoms with Gasteiger partial charge in [0, 0.05) is 11.9 Å². The van der Waals surface area contributed by atoms with Crippen LogP contribution in [-0.4, -0.2) is 23.3 Å². The predicted octanol–water partition coefficient (Wildman–Crippen LogP) is 3.50. The van der Waals surface area contributed by atoms with Gasteiger partial charge in [-0.1, -0.05) is 24.3 Å². The summed E-state index contributed by atoms with van der Waals surface area (Å²) in [6.45, 7) is 0.353. The number of carbonyl (C=O) groups is 2. The van der Waals surface area contributed by atoms with Gasteiger partial charge in [0.2, 0.25) is 5.91 Å². The molecule has 0 atom stereocenters. The van der Waals surface area contributed by atoms with Crippen molar-refractivity contribution < 1.29 is 14.0 Å². The van der Waals surface area contributed by atoms with Crippen LogP contribution in [0.5, 0.6) is 0 Å². The molecule has 0 aliphatic heterocycles. The number of thiophene rings is 1. The third-order valence-corrected chi connectivity index (χ3v) is 5.21. The summed E-state index contributed by atoms with van der Waals surface area (Å²) in [6.07, 6.45) is 0.542. The minimum Gasteiger partial charge on any atom is -0.355 e. The molecule has 1 aromatic carbocycles. The molecular weight excluding hydrogens is 373 g/mol. The van der Waals surface area contributed by atoms with Crippen molar-refractivity contribution in [1.29, 1.82) is 0 Å². The van der Waals surface area contributed by atoms with Gasteiger partial charge in [-0.2, -0.15) is 0 Å². The molecule has 0 aliphatic carbocycles. The third kappa shape index (κ3) is 4.96. The molecule has 0 saturated heterocycles. The molecule has 2 aromatic heterocycles. The summed E-state index contributed by atoms with van der Waals surface area (Å²) in [6, 6.07) is 10.0. The number of anilines is 1. The molecule has 0 spiro atoms. The average Bonchev–Trinajstić information content (AvgIpc) is 3.29. The number of nitrogens with one attached hydrogen (secondary N) is 2. The van der Waals surface area contributed by atoms with Crippen LogP contribution in [0.2, 0.25) is 0 Å². The highest BCUT2D eigenvalue weighted by molar-refractivity contribution is 7.14. The summed E-state index contributed by atoms with van der Waals surface area (Å²) in [5.41, 5.74) is 1.15. The smallest absolute Gasteiger partial charge is 0.267 e. The van der Waals surface area contributed by atoms with E-state index in [9.17, 15) is 14.0 Å². The first-order valence-corrected chi connectivity index (χ1v) is 9.67. The molecule has 0 aliphatic rings. The summed E-state index contributed by atoms with van der Waals surface area (Å²) >= 11 is 2.62. The summed E-state index contributed by atoms with van der Waals surface area (Å²) < 4.78 is 13.5. The molecule has 0 fully saturated rings. The van der Waals surface area contributed by atoms with Crippen LogP contribution in [0.1, 0.15) is 20.9 Å². The topological polar surface area (TPSA) is 71.1 Å². The van der Waals surface area contributed by atoms with Crippen molar-refractivity contribution >= 4 is 39.6 Å². The fraction of sp³-hybridized carbons (Fsp3) is 0.167. The second-order valence-corrected chi connectivity index (χ2v) is 7.25. The van der Waals surface area contributed by atoms with Crippen LogP contribution >= 0.6 is 22.7 Å². The number of hydrogen-bond acceptors (Lipinski definition) is 5. The van der Waals surface area contributed by atoms with Gasteiger partial charge in [0.15, 0.2) is 5.13 Å². The van der Waals surface area contributed by atoms with E-state index in [1.165, 1.54) is 28.7 Å². The Hall–Kier alpha value is -2.58. The lowest BCUT2D eigenvalue weighted by Crippen LogP contribution is -2.27. The largest absolute Gasteiger partial charge is 0.355 e. The van der Waals surface area contributed by atoms with Crippen molar-refractivity contribution in [3.63, 3.8) is 0 Å². The van der Waals surface area contributed by atoms with Crippen LogP contribution in [-0.2, 0) is 17.6 Å². The first-order chi connectivity index (χ1) is 12.6. The number of aromatic nitrogens is 1. The molecule has 5 nitrogen and oxygen atoms in total. The fourth-order valence-corrected chi connectivity index (χ4v) is 3.60. The van der Waals surface area contributed by atoms with Gasteiger partial charge < -0.3 is 5.32 Å². The van der Waals surface area contributed by atoms with E-state index in [-0.39, 0.29) is 24.1 Å². The molecular formula is C18H16FN3O2S2. The van der Waals surface area contributed by atoms with Crippen LogP contribution in [0, 0.1) is 5.82 Å². The maximum absolute atomic E-state index is 13.5. The van der Waals surface area contributed by atoms with Crippen molar-refractivity contribution in [2.24, 2.45) is 0 Å². The molecule has 0 bridgehead atoms. The van der Waals surface area contributed by atoms with Gasteiger partial charge in [0.1, 0.15) is 5.82 Å². The van der Waals surface area contributed by atoms with E-state index in [1.807, 2.05) is 5.38 Å². The fourth-order valence-electron chi connectivity index (χ4n) is 2.28. The maximum atomic E-state index is 13.5. The third-order valence-electron chi connectivity index (χ3n) is 3.53. The Morgan fingerprint density at radius 1 is 1.12 bits per heavy atom. The van der Waals surface area contributed by atoms with Crippen molar-refractivity contribution in [1.82, 2.24) is 10.3 Å². The van der Waals surface area contributed by atoms with Gasteiger partial charge in [-0.05, 0) is 29.5 Å². The number of amides is 2. The molecule has 3 rings (SSSR count). The van der Waals surface area contributed by atoms with Crippen LogP contribution in [0.15, 0.2) is 47.2 Å². The minimum absolute atomic E-state index is 0.114. The van der Waals surface area contributed by atoms with Gasteiger partial charge >= 0.3 is 0 Å². The highest BCUT2D eigenvalue weighted by Gasteiger charge is 2.12. The number of hydrogen-bond donors (Lipinski definition) is 2. The molecule has 8 heteroatoms. The highest BCUT2D eigenvalue weighted by Crippen LogP contribution is 2.18. The monoisotopic (exact) mass is 389 g/mol. The second kappa shape index (κ2) is 8.68.